The number of hydrogen-bond donors (Lipinski definition) is 0. The average Bonchev–Trinajstić information content (AvgIpc) is 3.12. The third-order valence-electron chi connectivity index (χ3n) is 5.25. The molecule has 4 rings (SSSR count). The summed E-state index contributed by atoms with van der Waals surface area (Å²) in [7, 11) is -3.53. The van der Waals surface area contributed by atoms with Crippen molar-refractivity contribution < 1.29 is 13.2 Å². The normalized spacial score (nSPS) is 18.3. The van der Waals surface area contributed by atoms with Crippen molar-refractivity contribution in [1.29, 1.82) is 0 Å². The van der Waals surface area contributed by atoms with Crippen LogP contribution in [0.5, 0.6) is 0 Å². The van der Waals surface area contributed by atoms with Crippen LogP contribution in [0.3, 0.4) is 0 Å². The number of fused-ring (bicyclic) bond motifs is 1. The number of hydrogen-bond acceptors (Lipinski definition) is 4. The van der Waals surface area contributed by atoms with E-state index in [-0.39, 0.29) is 10.8 Å². The zero-order valence-corrected chi connectivity index (χ0v) is 18.1. The molecule has 1 saturated heterocycles. The quantitative estimate of drug-likeness (QED) is 0.691. The van der Waals surface area contributed by atoms with E-state index in [1.165, 1.54) is 21.2 Å². The average molecular weight is 469 g/mol. The zero-order valence-electron chi connectivity index (χ0n) is 14.9. The van der Waals surface area contributed by atoms with E-state index in [2.05, 4.69) is 15.9 Å². The number of carbonyl (C=O) groups excluding carboxylic acids is 1. The van der Waals surface area contributed by atoms with Gasteiger partial charge in [0.2, 0.25) is 10.0 Å². The minimum absolute atomic E-state index is 0.0499. The van der Waals surface area contributed by atoms with Crippen molar-refractivity contribution in [3.05, 3.63) is 50.1 Å². The van der Waals surface area contributed by atoms with E-state index in [4.69, 9.17) is 0 Å². The maximum Gasteiger partial charge on any atom is 0.255 e. The number of nitrogens with zero attached hydrogens (tertiary/aromatic N) is 2. The first-order chi connectivity index (χ1) is 13.0. The molecule has 144 valence electrons. The van der Waals surface area contributed by atoms with Crippen molar-refractivity contribution in [2.24, 2.45) is 0 Å². The van der Waals surface area contributed by atoms with E-state index < -0.39 is 10.0 Å². The summed E-state index contributed by atoms with van der Waals surface area (Å²) in [5, 5.41) is 1.99. The van der Waals surface area contributed by atoms with Crippen LogP contribution < -0.4 is 0 Å². The van der Waals surface area contributed by atoms with Crippen LogP contribution in [0.4, 0.5) is 0 Å². The lowest BCUT2D eigenvalue weighted by Crippen LogP contribution is -2.50. The molecule has 2 heterocycles. The highest BCUT2D eigenvalue weighted by molar-refractivity contribution is 9.10. The number of halogens is 1. The van der Waals surface area contributed by atoms with E-state index in [0.29, 0.717) is 26.2 Å². The van der Waals surface area contributed by atoms with E-state index in [1.807, 2.05) is 5.38 Å². The van der Waals surface area contributed by atoms with Gasteiger partial charge in [-0.1, -0.05) is 22.0 Å². The van der Waals surface area contributed by atoms with Crippen LogP contribution in [0.1, 0.15) is 33.6 Å². The van der Waals surface area contributed by atoms with Gasteiger partial charge in [0.15, 0.2) is 0 Å². The number of benzene rings is 1. The summed E-state index contributed by atoms with van der Waals surface area (Å²) >= 11 is 5.01. The monoisotopic (exact) mass is 468 g/mol. The highest BCUT2D eigenvalue weighted by Crippen LogP contribution is 2.31. The lowest BCUT2D eigenvalue weighted by molar-refractivity contribution is 0.0697. The van der Waals surface area contributed by atoms with Gasteiger partial charge in [-0.3, -0.25) is 4.79 Å². The molecule has 0 N–H and O–H groups in total. The smallest absolute Gasteiger partial charge is 0.255 e. The Morgan fingerprint density at radius 2 is 1.81 bits per heavy atom. The molecule has 2 aromatic rings. The molecule has 1 aromatic heterocycles. The van der Waals surface area contributed by atoms with Crippen LogP contribution in [0.25, 0.3) is 0 Å². The molecule has 2 aliphatic rings. The second-order valence-corrected chi connectivity index (χ2v) is 10.7. The Bertz CT molecular complexity index is 963. The Kier molecular flexibility index (Phi) is 5.42. The summed E-state index contributed by atoms with van der Waals surface area (Å²) in [6.07, 6.45) is 4.40. The molecule has 1 fully saturated rings. The van der Waals surface area contributed by atoms with Crippen LogP contribution >= 0.6 is 27.3 Å². The summed E-state index contributed by atoms with van der Waals surface area (Å²) in [5.74, 6) is 0.0499. The SMILES string of the molecule is O=C(c1csc2c1CCCC2)N1CCN(S(=O)(=O)c2cccc(Br)c2)CC1. The summed E-state index contributed by atoms with van der Waals surface area (Å²) in [5.41, 5.74) is 2.05. The molecular weight excluding hydrogens is 448 g/mol. The molecule has 1 aliphatic heterocycles. The second kappa shape index (κ2) is 7.66. The standard InChI is InChI=1S/C19H21BrN2O3S2/c20-14-4-3-5-15(12-14)27(24,25)22-10-8-21(9-11-22)19(23)17-13-26-18-7-2-1-6-16(17)18/h3-5,12-13H,1-2,6-11H2. The molecular formula is C19H21BrN2O3S2. The Balaban J connectivity index is 1.46. The first kappa shape index (κ1) is 19.1. The van der Waals surface area contributed by atoms with Gasteiger partial charge in [0.25, 0.3) is 5.91 Å². The minimum atomic E-state index is -3.53. The number of carbonyl (C=O) groups is 1. The van der Waals surface area contributed by atoms with Crippen molar-refractivity contribution in [3.8, 4) is 0 Å². The molecule has 0 radical (unpaired) electrons. The van der Waals surface area contributed by atoms with Crippen LogP contribution in [0.2, 0.25) is 0 Å². The van der Waals surface area contributed by atoms with Crippen LogP contribution in [0, 0.1) is 0 Å². The van der Waals surface area contributed by atoms with Gasteiger partial charge >= 0.3 is 0 Å². The van der Waals surface area contributed by atoms with Gasteiger partial charge in [-0.2, -0.15) is 4.31 Å². The molecule has 1 aliphatic carbocycles. The Hall–Kier alpha value is -1.22. The predicted molar refractivity (Wildman–Crippen MR) is 110 cm³/mol. The molecule has 27 heavy (non-hydrogen) atoms. The molecule has 0 atom stereocenters. The number of thiophene rings is 1. The summed E-state index contributed by atoms with van der Waals surface area (Å²) in [6.45, 7) is 1.51. The number of amides is 1. The third kappa shape index (κ3) is 3.72. The zero-order chi connectivity index (χ0) is 19.0. The maximum atomic E-state index is 13.0. The van der Waals surface area contributed by atoms with Gasteiger partial charge in [0, 0.05) is 40.9 Å². The second-order valence-electron chi connectivity index (χ2n) is 6.91. The summed E-state index contributed by atoms with van der Waals surface area (Å²) < 4.78 is 27.9. The molecule has 0 spiro atoms. The number of rotatable bonds is 3. The summed E-state index contributed by atoms with van der Waals surface area (Å²) in [6, 6.07) is 6.74. The van der Waals surface area contributed by atoms with Crippen LogP contribution in [-0.4, -0.2) is 49.7 Å². The molecule has 8 heteroatoms. The number of aryl methyl sites for hydroxylation is 1. The largest absolute Gasteiger partial charge is 0.336 e. The lowest BCUT2D eigenvalue weighted by atomic mass is 9.95. The Morgan fingerprint density at radius 3 is 2.56 bits per heavy atom. The fourth-order valence-corrected chi connectivity index (χ4v) is 6.89. The van der Waals surface area contributed by atoms with Crippen molar-refractivity contribution in [2.45, 2.75) is 30.6 Å². The van der Waals surface area contributed by atoms with E-state index >= 15 is 0 Å². The minimum Gasteiger partial charge on any atom is -0.336 e. The molecule has 1 amide bonds. The Morgan fingerprint density at radius 1 is 1.07 bits per heavy atom. The topological polar surface area (TPSA) is 57.7 Å². The molecule has 0 saturated carbocycles. The first-order valence-electron chi connectivity index (χ1n) is 9.11. The molecule has 5 nitrogen and oxygen atoms in total. The molecule has 0 bridgehead atoms. The first-order valence-corrected chi connectivity index (χ1v) is 12.2. The highest BCUT2D eigenvalue weighted by atomic mass is 79.9. The summed E-state index contributed by atoms with van der Waals surface area (Å²) in [4.78, 5) is 16.4. The van der Waals surface area contributed by atoms with Crippen molar-refractivity contribution >= 4 is 43.2 Å². The van der Waals surface area contributed by atoms with Gasteiger partial charge in [0.1, 0.15) is 0 Å². The van der Waals surface area contributed by atoms with Gasteiger partial charge in [-0.05, 0) is 49.4 Å². The van der Waals surface area contributed by atoms with Gasteiger partial charge < -0.3 is 4.90 Å². The van der Waals surface area contributed by atoms with E-state index in [1.54, 1.807) is 40.5 Å². The molecule has 0 unspecified atom stereocenters. The lowest BCUT2D eigenvalue weighted by Gasteiger charge is -2.34. The molecule has 1 aromatic carbocycles. The van der Waals surface area contributed by atoms with Crippen LogP contribution in [0.15, 0.2) is 39.0 Å². The fraction of sp³-hybridized carbons (Fsp3) is 0.421. The van der Waals surface area contributed by atoms with Gasteiger partial charge in [-0.25, -0.2) is 8.42 Å². The van der Waals surface area contributed by atoms with Crippen LogP contribution in [-0.2, 0) is 22.9 Å². The van der Waals surface area contributed by atoms with Crippen molar-refractivity contribution in [1.82, 2.24) is 9.21 Å². The number of piperazine rings is 1. The maximum absolute atomic E-state index is 13.0. The third-order valence-corrected chi connectivity index (χ3v) is 8.73. The van der Waals surface area contributed by atoms with E-state index in [9.17, 15) is 13.2 Å². The number of sulfonamides is 1. The highest BCUT2D eigenvalue weighted by Gasteiger charge is 2.32. The van der Waals surface area contributed by atoms with E-state index in [0.717, 1.165) is 29.3 Å². The van der Waals surface area contributed by atoms with Gasteiger partial charge in [-0.15, -0.1) is 11.3 Å². The predicted octanol–water partition coefficient (Wildman–Crippen LogP) is 3.54. The Labute approximate surface area is 172 Å². The van der Waals surface area contributed by atoms with Crippen molar-refractivity contribution in [2.75, 3.05) is 26.2 Å². The van der Waals surface area contributed by atoms with Gasteiger partial charge in [0.05, 0.1) is 10.5 Å². The fourth-order valence-electron chi connectivity index (χ4n) is 3.75. The van der Waals surface area contributed by atoms with Crippen molar-refractivity contribution in [3.63, 3.8) is 0 Å².